The van der Waals surface area contributed by atoms with Crippen molar-refractivity contribution in [3.8, 4) is 10.6 Å². The normalized spacial score (nSPS) is 11.6. The molecule has 0 atom stereocenters. The number of carbonyl (C=O) groups excluding carboxylic acids is 1. The largest absolute Gasteiger partial charge is 0.456 e. The second-order valence-electron chi connectivity index (χ2n) is 6.13. The molecule has 0 saturated heterocycles. The molecule has 0 radical (unpaired) electrons. The maximum Gasteiger partial charge on any atom is 0.338 e. The summed E-state index contributed by atoms with van der Waals surface area (Å²) in [5, 5.41) is 3.10. The molecule has 152 valence electrons. The second kappa shape index (κ2) is 8.81. The lowest BCUT2D eigenvalue weighted by Crippen LogP contribution is -2.23. The quantitative estimate of drug-likeness (QED) is 0.486. The van der Waals surface area contributed by atoms with Crippen LogP contribution in [0, 0.1) is 0 Å². The molecule has 0 amide bonds. The van der Waals surface area contributed by atoms with Crippen LogP contribution in [0.25, 0.3) is 10.6 Å². The molecule has 2 aromatic carbocycles. The van der Waals surface area contributed by atoms with Gasteiger partial charge in [-0.15, -0.1) is 11.3 Å². The molecule has 0 fully saturated rings. The van der Waals surface area contributed by atoms with E-state index in [9.17, 15) is 13.2 Å². The van der Waals surface area contributed by atoms with E-state index in [-0.39, 0.29) is 22.1 Å². The molecule has 3 aromatic rings. The van der Waals surface area contributed by atoms with Crippen LogP contribution in [0.3, 0.4) is 0 Å². The molecule has 0 spiro atoms. The van der Waals surface area contributed by atoms with E-state index < -0.39 is 16.0 Å². The summed E-state index contributed by atoms with van der Waals surface area (Å²) in [4.78, 5) is 16.7. The third kappa shape index (κ3) is 4.79. The summed E-state index contributed by atoms with van der Waals surface area (Å²) < 4.78 is 31.0. The lowest BCUT2D eigenvalue weighted by Gasteiger charge is -2.13. The van der Waals surface area contributed by atoms with E-state index in [2.05, 4.69) is 4.98 Å². The number of sulfonamides is 1. The van der Waals surface area contributed by atoms with Gasteiger partial charge in [0.05, 0.1) is 21.3 Å². The van der Waals surface area contributed by atoms with Crippen molar-refractivity contribution in [2.75, 3.05) is 14.1 Å². The highest BCUT2D eigenvalue weighted by molar-refractivity contribution is 7.89. The van der Waals surface area contributed by atoms with Gasteiger partial charge in [-0.05, 0) is 24.3 Å². The number of aromatic nitrogens is 1. The number of carbonyl (C=O) groups is 1. The molecule has 0 bridgehead atoms. The topological polar surface area (TPSA) is 76.6 Å². The van der Waals surface area contributed by atoms with Gasteiger partial charge < -0.3 is 4.74 Å². The Balaban J connectivity index is 1.75. The first-order valence-electron chi connectivity index (χ1n) is 8.28. The van der Waals surface area contributed by atoms with Gasteiger partial charge >= 0.3 is 5.97 Å². The van der Waals surface area contributed by atoms with Gasteiger partial charge in [0, 0.05) is 25.0 Å². The minimum absolute atomic E-state index is 0.0270. The van der Waals surface area contributed by atoms with Crippen molar-refractivity contribution >= 4 is 50.5 Å². The monoisotopic (exact) mass is 470 g/mol. The van der Waals surface area contributed by atoms with Gasteiger partial charge in [0.2, 0.25) is 10.0 Å². The third-order valence-electron chi connectivity index (χ3n) is 3.93. The van der Waals surface area contributed by atoms with Gasteiger partial charge in [0.1, 0.15) is 16.5 Å². The van der Waals surface area contributed by atoms with Gasteiger partial charge in [-0.2, -0.15) is 0 Å². The summed E-state index contributed by atoms with van der Waals surface area (Å²) >= 11 is 13.6. The van der Waals surface area contributed by atoms with Crippen LogP contribution in [0.15, 0.2) is 52.7 Å². The average molecular weight is 471 g/mol. The van der Waals surface area contributed by atoms with E-state index in [1.165, 1.54) is 43.6 Å². The molecule has 0 aliphatic carbocycles. The van der Waals surface area contributed by atoms with Gasteiger partial charge in [-0.25, -0.2) is 22.5 Å². The number of nitrogens with zero attached hydrogens (tertiary/aromatic N) is 2. The molecule has 1 heterocycles. The molecule has 0 aliphatic heterocycles. The molecule has 6 nitrogen and oxygen atoms in total. The first-order chi connectivity index (χ1) is 13.7. The molecule has 10 heteroatoms. The molecule has 1 aromatic heterocycles. The zero-order valence-corrected chi connectivity index (χ0v) is 18.6. The molecule has 0 N–H and O–H groups in total. The number of hydrogen-bond donors (Lipinski definition) is 0. The predicted molar refractivity (Wildman–Crippen MR) is 114 cm³/mol. The predicted octanol–water partition coefficient (Wildman–Crippen LogP) is 4.72. The summed E-state index contributed by atoms with van der Waals surface area (Å²) in [7, 11) is -1.02. The van der Waals surface area contributed by atoms with Crippen LogP contribution in [-0.2, 0) is 21.4 Å². The fourth-order valence-electron chi connectivity index (χ4n) is 2.38. The highest BCUT2D eigenvalue weighted by Gasteiger charge is 2.23. The Kier molecular flexibility index (Phi) is 6.60. The van der Waals surface area contributed by atoms with Crippen LogP contribution < -0.4 is 0 Å². The van der Waals surface area contributed by atoms with Crippen LogP contribution in [0.5, 0.6) is 0 Å². The van der Waals surface area contributed by atoms with E-state index in [1.54, 1.807) is 11.4 Å². The number of esters is 1. The minimum Gasteiger partial charge on any atom is -0.456 e. The molecular formula is C19H16Cl2N2O4S2. The van der Waals surface area contributed by atoms with Gasteiger partial charge in [-0.1, -0.05) is 41.4 Å². The maximum absolute atomic E-state index is 12.4. The van der Waals surface area contributed by atoms with Gasteiger partial charge in [0.15, 0.2) is 0 Å². The zero-order chi connectivity index (χ0) is 21.2. The first kappa shape index (κ1) is 21.7. The average Bonchev–Trinajstić information content (AvgIpc) is 3.15. The van der Waals surface area contributed by atoms with E-state index in [0.717, 1.165) is 9.87 Å². The number of benzene rings is 2. The van der Waals surface area contributed by atoms with Crippen molar-refractivity contribution < 1.29 is 17.9 Å². The van der Waals surface area contributed by atoms with E-state index in [0.29, 0.717) is 15.7 Å². The van der Waals surface area contributed by atoms with Crippen LogP contribution >= 0.6 is 34.5 Å². The fourth-order valence-corrected chi connectivity index (χ4v) is 4.90. The molecular weight excluding hydrogens is 455 g/mol. The number of rotatable bonds is 6. The summed E-state index contributed by atoms with van der Waals surface area (Å²) in [6, 6.07) is 11.3. The van der Waals surface area contributed by atoms with E-state index in [1.807, 2.05) is 18.2 Å². The number of hydrogen-bond acceptors (Lipinski definition) is 6. The smallest absolute Gasteiger partial charge is 0.338 e. The second-order valence-corrected chi connectivity index (χ2v) is 9.93. The maximum atomic E-state index is 12.4. The Morgan fingerprint density at radius 2 is 1.86 bits per heavy atom. The lowest BCUT2D eigenvalue weighted by molar-refractivity contribution is 0.0468. The molecule has 0 saturated carbocycles. The highest BCUT2D eigenvalue weighted by Crippen LogP contribution is 2.30. The van der Waals surface area contributed by atoms with Crippen molar-refractivity contribution in [1.82, 2.24) is 9.29 Å². The summed E-state index contributed by atoms with van der Waals surface area (Å²) in [6.07, 6.45) is 0. The van der Waals surface area contributed by atoms with Crippen molar-refractivity contribution in [2.45, 2.75) is 11.5 Å². The first-order valence-corrected chi connectivity index (χ1v) is 11.4. The Hall–Kier alpha value is -1.97. The van der Waals surface area contributed by atoms with Crippen molar-refractivity contribution in [3.05, 3.63) is 69.1 Å². The van der Waals surface area contributed by atoms with Crippen molar-refractivity contribution in [3.63, 3.8) is 0 Å². The summed E-state index contributed by atoms with van der Waals surface area (Å²) in [5.41, 5.74) is 1.44. The SMILES string of the molecule is CN(C)S(=O)(=O)c1cc(C(=O)OCc2csc(-c3ccccc3Cl)n2)ccc1Cl. The van der Waals surface area contributed by atoms with Crippen LogP contribution in [-0.4, -0.2) is 37.8 Å². The number of halogens is 2. The van der Waals surface area contributed by atoms with Crippen LogP contribution in [0.2, 0.25) is 10.0 Å². The third-order valence-corrected chi connectivity index (χ3v) is 7.48. The Labute approximate surface area is 182 Å². The molecule has 0 unspecified atom stereocenters. The molecule has 3 rings (SSSR count). The standard InChI is InChI=1S/C19H16Cl2N2O4S2/c1-23(2)29(25,26)17-9-12(7-8-16(17)21)19(24)27-10-13-11-28-18(22-13)14-5-3-4-6-15(14)20/h3-9,11H,10H2,1-2H3. The van der Waals surface area contributed by atoms with E-state index >= 15 is 0 Å². The summed E-state index contributed by atoms with van der Waals surface area (Å²) in [5.74, 6) is -0.677. The minimum atomic E-state index is -3.79. The van der Waals surface area contributed by atoms with Gasteiger partial charge in [-0.3, -0.25) is 0 Å². The number of ether oxygens (including phenoxy) is 1. The number of thiazole rings is 1. The Morgan fingerprint density at radius 1 is 1.14 bits per heavy atom. The Morgan fingerprint density at radius 3 is 2.55 bits per heavy atom. The summed E-state index contributed by atoms with van der Waals surface area (Å²) in [6.45, 7) is -0.0574. The van der Waals surface area contributed by atoms with Crippen molar-refractivity contribution in [1.29, 1.82) is 0 Å². The molecule has 0 aliphatic rings. The fraction of sp³-hybridized carbons (Fsp3) is 0.158. The zero-order valence-electron chi connectivity index (χ0n) is 15.4. The van der Waals surface area contributed by atoms with Crippen LogP contribution in [0.1, 0.15) is 16.1 Å². The van der Waals surface area contributed by atoms with Crippen LogP contribution in [0.4, 0.5) is 0 Å². The highest BCUT2D eigenvalue weighted by atomic mass is 35.5. The van der Waals surface area contributed by atoms with E-state index in [4.69, 9.17) is 27.9 Å². The van der Waals surface area contributed by atoms with Gasteiger partial charge in [0.25, 0.3) is 0 Å². The Bertz CT molecular complexity index is 1160. The molecule has 29 heavy (non-hydrogen) atoms. The van der Waals surface area contributed by atoms with Crippen molar-refractivity contribution in [2.24, 2.45) is 0 Å². The lowest BCUT2D eigenvalue weighted by atomic mass is 10.2.